The molecule has 1 saturated carbocycles. The fraction of sp³-hybridized carbons (Fsp3) is 0.708. The van der Waals surface area contributed by atoms with Crippen molar-refractivity contribution in [3.8, 4) is 0 Å². The molecular formula is C24H33N9O6S. The Balaban J connectivity index is 1.13. The van der Waals surface area contributed by atoms with Gasteiger partial charge in [0.25, 0.3) is 0 Å². The molecule has 16 heteroatoms. The molecule has 1 aromatic heterocycles. The van der Waals surface area contributed by atoms with Crippen LogP contribution in [0, 0.1) is 11.8 Å². The molecule has 5 heterocycles. The predicted octanol–water partition coefficient (Wildman–Crippen LogP) is -2.26. The van der Waals surface area contributed by atoms with E-state index in [4.69, 9.17) is 10.5 Å². The maximum Gasteiger partial charge on any atom is 0.353 e. The highest BCUT2D eigenvalue weighted by molar-refractivity contribution is 8.04. The van der Waals surface area contributed by atoms with Crippen LogP contribution in [0.25, 0.3) is 0 Å². The number of hydrogen-bond donors (Lipinski definition) is 4. The second-order valence-corrected chi connectivity index (χ2v) is 12.9. The van der Waals surface area contributed by atoms with E-state index in [0.29, 0.717) is 24.4 Å². The number of ether oxygens (including phenoxy) is 1. The minimum absolute atomic E-state index is 0.0132. The summed E-state index contributed by atoms with van der Waals surface area (Å²) in [6.45, 7) is 4.49. The Labute approximate surface area is 234 Å². The maximum atomic E-state index is 13.2. The zero-order valence-corrected chi connectivity index (χ0v) is 23.2. The summed E-state index contributed by atoms with van der Waals surface area (Å²) in [5, 5.41) is 27.1. The number of β-lactam (4-membered cyclic amide) rings is 1. The lowest BCUT2D eigenvalue weighted by Crippen LogP contribution is -2.66. The quantitative estimate of drug-likeness (QED) is 0.231. The smallest absolute Gasteiger partial charge is 0.353 e. The number of carbonyl (C=O) groups is 4. The van der Waals surface area contributed by atoms with Crippen LogP contribution in [0.4, 0.5) is 0 Å². The second kappa shape index (κ2) is 9.78. The number of aliphatic carboxylic acids is 1. The van der Waals surface area contributed by atoms with E-state index in [-0.39, 0.29) is 70.9 Å². The molecule has 2 unspecified atom stereocenters. The molecule has 6 rings (SSSR count). The van der Waals surface area contributed by atoms with E-state index in [2.05, 4.69) is 26.2 Å². The first kappa shape index (κ1) is 27.1. The number of piperidine rings is 1. The normalized spacial score (nSPS) is 36.8. The van der Waals surface area contributed by atoms with Crippen molar-refractivity contribution in [2.75, 3.05) is 20.2 Å². The Hall–Kier alpha value is -3.08. The molecule has 3 saturated heterocycles. The summed E-state index contributed by atoms with van der Waals surface area (Å²) in [6, 6.07) is -1.40. The number of nitrogens with one attached hydrogen (secondary N) is 2. The SMILES string of the molecule is CO[C@H]1CN(C(=O)C2C[C@@]3(SC4=C(C(=O)O)N5C(=O)[C@H]([C@@H](C)NC(=O)Cn6cnnn6)[C@H]5[C@H]4C)CC3N2)C[C@H]1N. The van der Waals surface area contributed by atoms with E-state index < -0.39 is 17.9 Å². The van der Waals surface area contributed by atoms with E-state index in [1.165, 1.54) is 27.7 Å². The van der Waals surface area contributed by atoms with Crippen LogP contribution in [0.3, 0.4) is 0 Å². The third kappa shape index (κ3) is 4.28. The van der Waals surface area contributed by atoms with Crippen LogP contribution in [0.2, 0.25) is 0 Å². The minimum atomic E-state index is -1.15. The van der Waals surface area contributed by atoms with E-state index in [0.717, 1.165) is 6.42 Å². The standard InChI is InChI=1S/C24H33N9O6S/c1-10-18-17(11(2)27-16(34)8-32-9-26-29-30-32)22(36)33(18)19(23(37)38)20(10)40-24-4-13(28-15(24)5-24)21(35)31-6-12(25)14(7-31)39-3/h9-15,17-18,28H,4-8,25H2,1-3H3,(H,27,34)(H,37,38)/t10-,11-,12-,13?,14+,15?,17-,18-,24-/m1/s1. The van der Waals surface area contributed by atoms with Crippen LogP contribution in [-0.2, 0) is 30.5 Å². The van der Waals surface area contributed by atoms with Gasteiger partial charge in [-0.2, -0.15) is 0 Å². The number of nitrogens with zero attached hydrogens (tertiary/aromatic N) is 6. The molecule has 5 aliphatic rings. The lowest BCUT2D eigenvalue weighted by molar-refractivity contribution is -0.158. The largest absolute Gasteiger partial charge is 0.477 e. The van der Waals surface area contributed by atoms with Crippen LogP contribution >= 0.6 is 11.8 Å². The molecule has 4 aliphatic heterocycles. The van der Waals surface area contributed by atoms with Gasteiger partial charge in [0.05, 0.1) is 30.1 Å². The molecule has 5 N–H and O–H groups in total. The lowest BCUT2D eigenvalue weighted by Gasteiger charge is -2.47. The molecule has 0 radical (unpaired) electrons. The van der Waals surface area contributed by atoms with Crippen LogP contribution in [0.5, 0.6) is 0 Å². The zero-order valence-electron chi connectivity index (χ0n) is 22.4. The first-order valence-electron chi connectivity index (χ1n) is 13.4. The van der Waals surface area contributed by atoms with Crippen molar-refractivity contribution in [2.24, 2.45) is 17.6 Å². The number of amides is 3. The summed E-state index contributed by atoms with van der Waals surface area (Å²) in [4.78, 5) is 55.1. The molecule has 1 aliphatic carbocycles. The Kier molecular flexibility index (Phi) is 6.63. The maximum absolute atomic E-state index is 13.2. The van der Waals surface area contributed by atoms with Gasteiger partial charge in [0, 0.05) is 47.9 Å². The van der Waals surface area contributed by atoms with Crippen molar-refractivity contribution < 1.29 is 29.0 Å². The summed E-state index contributed by atoms with van der Waals surface area (Å²) >= 11 is 1.49. The number of methoxy groups -OCH3 is 1. The average molecular weight is 576 g/mol. The number of nitrogens with two attached hydrogens (primary N) is 1. The summed E-state index contributed by atoms with van der Waals surface area (Å²) < 4.78 is 6.36. The molecule has 0 bridgehead atoms. The highest BCUT2D eigenvalue weighted by Crippen LogP contribution is 2.63. The summed E-state index contributed by atoms with van der Waals surface area (Å²) in [5.74, 6) is -2.62. The molecule has 9 atom stereocenters. The molecule has 1 aromatic rings. The molecule has 40 heavy (non-hydrogen) atoms. The number of fused-ring (bicyclic) bond motifs is 2. The number of thioether (sulfide) groups is 1. The van der Waals surface area contributed by atoms with Gasteiger partial charge in [-0.3, -0.25) is 14.4 Å². The van der Waals surface area contributed by atoms with Crippen molar-refractivity contribution in [1.29, 1.82) is 0 Å². The highest BCUT2D eigenvalue weighted by atomic mass is 32.2. The van der Waals surface area contributed by atoms with Gasteiger partial charge in [0.2, 0.25) is 17.7 Å². The molecule has 0 aromatic carbocycles. The average Bonchev–Trinajstić information content (AvgIpc) is 3.36. The summed E-state index contributed by atoms with van der Waals surface area (Å²) in [5.41, 5.74) is 6.12. The minimum Gasteiger partial charge on any atom is -0.477 e. The van der Waals surface area contributed by atoms with E-state index in [1.54, 1.807) is 18.9 Å². The Morgan fingerprint density at radius 2 is 2.12 bits per heavy atom. The number of carboxylic acids is 1. The first-order valence-corrected chi connectivity index (χ1v) is 14.2. The van der Waals surface area contributed by atoms with Gasteiger partial charge in [-0.25, -0.2) is 9.48 Å². The van der Waals surface area contributed by atoms with Gasteiger partial charge in [0.1, 0.15) is 18.6 Å². The molecule has 4 fully saturated rings. The highest BCUT2D eigenvalue weighted by Gasteiger charge is 2.66. The monoisotopic (exact) mass is 575 g/mol. The molecule has 0 spiro atoms. The number of rotatable bonds is 9. The number of hydrogen-bond acceptors (Lipinski definition) is 11. The third-order valence-electron chi connectivity index (χ3n) is 8.93. The zero-order chi connectivity index (χ0) is 28.5. The van der Waals surface area contributed by atoms with Gasteiger partial charge in [-0.05, 0) is 30.2 Å². The second-order valence-electron chi connectivity index (χ2n) is 11.4. The summed E-state index contributed by atoms with van der Waals surface area (Å²) in [7, 11) is 1.59. The van der Waals surface area contributed by atoms with Crippen LogP contribution in [0.15, 0.2) is 16.9 Å². The molecule has 15 nitrogen and oxygen atoms in total. The van der Waals surface area contributed by atoms with Crippen molar-refractivity contribution in [3.05, 3.63) is 16.9 Å². The molecule has 216 valence electrons. The van der Waals surface area contributed by atoms with E-state index in [1.807, 2.05) is 6.92 Å². The van der Waals surface area contributed by atoms with Crippen molar-refractivity contribution in [1.82, 2.24) is 40.6 Å². The molecular weight excluding hydrogens is 542 g/mol. The number of carbonyl (C=O) groups excluding carboxylic acids is 3. The van der Waals surface area contributed by atoms with Crippen molar-refractivity contribution in [2.45, 2.75) is 74.3 Å². The van der Waals surface area contributed by atoms with Gasteiger partial charge in [-0.1, -0.05) is 6.92 Å². The Bertz CT molecular complexity index is 1280. The predicted molar refractivity (Wildman–Crippen MR) is 139 cm³/mol. The van der Waals surface area contributed by atoms with Crippen LogP contribution < -0.4 is 16.4 Å². The first-order chi connectivity index (χ1) is 19.0. The Morgan fingerprint density at radius 1 is 1.35 bits per heavy atom. The fourth-order valence-electron chi connectivity index (χ4n) is 6.82. The van der Waals surface area contributed by atoms with Crippen LogP contribution in [0.1, 0.15) is 26.7 Å². The lowest BCUT2D eigenvalue weighted by atomic mass is 9.78. The van der Waals surface area contributed by atoms with Gasteiger partial charge >= 0.3 is 5.97 Å². The third-order valence-corrected chi connectivity index (χ3v) is 10.7. The number of tetrazole rings is 1. The summed E-state index contributed by atoms with van der Waals surface area (Å²) in [6.07, 6.45) is 2.52. The van der Waals surface area contributed by atoms with Crippen LogP contribution in [-0.4, -0.2) is 120 Å². The van der Waals surface area contributed by atoms with Gasteiger partial charge < -0.3 is 36.0 Å². The number of carboxylic acid groups (broad SMARTS) is 1. The van der Waals surface area contributed by atoms with E-state index in [9.17, 15) is 24.3 Å². The number of likely N-dealkylation sites (tertiary alicyclic amines) is 1. The fourth-order valence-corrected chi connectivity index (χ4v) is 8.57. The topological polar surface area (TPSA) is 198 Å². The van der Waals surface area contributed by atoms with Gasteiger partial charge in [0.15, 0.2) is 0 Å². The van der Waals surface area contributed by atoms with E-state index >= 15 is 0 Å². The van der Waals surface area contributed by atoms with Crippen molar-refractivity contribution >= 4 is 35.5 Å². The van der Waals surface area contributed by atoms with Crippen molar-refractivity contribution in [3.63, 3.8) is 0 Å². The Morgan fingerprint density at radius 3 is 2.77 bits per heavy atom. The number of aromatic nitrogens is 4. The van der Waals surface area contributed by atoms with Gasteiger partial charge in [-0.15, -0.1) is 16.9 Å². The molecule has 3 amide bonds.